The summed E-state index contributed by atoms with van der Waals surface area (Å²) >= 11 is 0. The van der Waals surface area contributed by atoms with E-state index in [0.717, 1.165) is 49.2 Å². The van der Waals surface area contributed by atoms with Crippen LogP contribution in [0.1, 0.15) is 62.2 Å². The van der Waals surface area contributed by atoms with Crippen molar-refractivity contribution in [1.82, 2.24) is 19.7 Å². The second-order valence-corrected chi connectivity index (χ2v) is 7.22. The maximum absolute atomic E-state index is 13.0. The summed E-state index contributed by atoms with van der Waals surface area (Å²) in [5.74, 6) is 0.106. The zero-order valence-corrected chi connectivity index (χ0v) is 15.0. The number of hydrogen-bond donors (Lipinski definition) is 1. The second kappa shape index (κ2) is 7.02. The Balaban J connectivity index is 1.74. The van der Waals surface area contributed by atoms with Gasteiger partial charge in [-0.3, -0.25) is 4.79 Å². The molecule has 1 N–H and O–H groups in total. The van der Waals surface area contributed by atoms with Gasteiger partial charge < -0.3 is 10.2 Å². The summed E-state index contributed by atoms with van der Waals surface area (Å²) in [6.07, 6.45) is 12.0. The Morgan fingerprint density at radius 1 is 1.16 bits per heavy atom. The highest BCUT2D eigenvalue weighted by Crippen LogP contribution is 2.31. The molecule has 2 aromatic heterocycles. The summed E-state index contributed by atoms with van der Waals surface area (Å²) in [5, 5.41) is 9.12. The molecule has 134 valence electrons. The standard InChI is InChI=1S/C19H27N5O/c1-2-24-18-15(13-21-24)17(22-14-8-4-3-5-9-14)16(12-20-18)19(25)23-10-6-7-11-23/h12-14H,2-11H2,1H3,(H,20,22). The summed E-state index contributed by atoms with van der Waals surface area (Å²) in [7, 11) is 0. The van der Waals surface area contributed by atoms with Gasteiger partial charge in [0, 0.05) is 31.9 Å². The minimum Gasteiger partial charge on any atom is -0.381 e. The van der Waals surface area contributed by atoms with Crippen molar-refractivity contribution in [2.45, 2.75) is 64.5 Å². The van der Waals surface area contributed by atoms with E-state index in [1.807, 2.05) is 15.8 Å². The predicted octanol–water partition coefficient (Wildman–Crippen LogP) is 3.43. The molecule has 3 heterocycles. The molecule has 2 aromatic rings. The number of rotatable bonds is 4. The number of likely N-dealkylation sites (tertiary alicyclic amines) is 1. The molecule has 1 aliphatic carbocycles. The van der Waals surface area contributed by atoms with Crippen molar-refractivity contribution >= 4 is 22.6 Å². The zero-order valence-electron chi connectivity index (χ0n) is 15.0. The SMILES string of the molecule is CCn1ncc2c(NC3CCCCC3)c(C(=O)N3CCCC3)cnc21. The molecule has 0 radical (unpaired) electrons. The summed E-state index contributed by atoms with van der Waals surface area (Å²) in [6, 6.07) is 0.439. The van der Waals surface area contributed by atoms with E-state index < -0.39 is 0 Å². The molecule has 0 atom stereocenters. The first-order valence-electron chi connectivity index (χ1n) is 9.68. The lowest BCUT2D eigenvalue weighted by atomic mass is 9.95. The smallest absolute Gasteiger partial charge is 0.257 e. The van der Waals surface area contributed by atoms with E-state index in [1.165, 1.54) is 32.1 Å². The van der Waals surface area contributed by atoms with Crippen molar-refractivity contribution in [2.24, 2.45) is 0 Å². The van der Waals surface area contributed by atoms with Crippen LogP contribution in [-0.4, -0.2) is 44.7 Å². The highest BCUT2D eigenvalue weighted by molar-refractivity contribution is 6.06. The van der Waals surface area contributed by atoms with Crippen molar-refractivity contribution < 1.29 is 4.79 Å². The van der Waals surface area contributed by atoms with Gasteiger partial charge in [0.2, 0.25) is 0 Å². The number of fused-ring (bicyclic) bond motifs is 1. The second-order valence-electron chi connectivity index (χ2n) is 7.22. The average Bonchev–Trinajstić information content (AvgIpc) is 3.32. The lowest BCUT2D eigenvalue weighted by Gasteiger charge is -2.26. The number of pyridine rings is 1. The largest absolute Gasteiger partial charge is 0.381 e. The van der Waals surface area contributed by atoms with Crippen molar-refractivity contribution in [1.29, 1.82) is 0 Å². The van der Waals surface area contributed by atoms with Crippen LogP contribution in [0, 0.1) is 0 Å². The van der Waals surface area contributed by atoms with Crippen LogP contribution in [0.25, 0.3) is 11.0 Å². The number of nitrogens with zero attached hydrogens (tertiary/aromatic N) is 4. The minimum atomic E-state index is 0.106. The molecule has 0 aromatic carbocycles. The van der Waals surface area contributed by atoms with Crippen LogP contribution < -0.4 is 5.32 Å². The van der Waals surface area contributed by atoms with Gasteiger partial charge >= 0.3 is 0 Å². The van der Waals surface area contributed by atoms with E-state index >= 15 is 0 Å². The molecule has 6 nitrogen and oxygen atoms in total. The Kier molecular flexibility index (Phi) is 4.59. The van der Waals surface area contributed by atoms with Crippen molar-refractivity contribution in [3.05, 3.63) is 18.0 Å². The number of carbonyl (C=O) groups is 1. The number of amides is 1. The summed E-state index contributed by atoms with van der Waals surface area (Å²) in [6.45, 7) is 4.55. The fraction of sp³-hybridized carbons (Fsp3) is 0.632. The number of hydrogen-bond acceptors (Lipinski definition) is 4. The summed E-state index contributed by atoms with van der Waals surface area (Å²) in [5.41, 5.74) is 2.50. The molecule has 2 fully saturated rings. The van der Waals surface area contributed by atoms with Crippen molar-refractivity contribution in [3.63, 3.8) is 0 Å². The molecule has 1 saturated carbocycles. The van der Waals surface area contributed by atoms with E-state index in [4.69, 9.17) is 0 Å². The topological polar surface area (TPSA) is 63.1 Å². The van der Waals surface area contributed by atoms with Gasteiger partial charge in [-0.15, -0.1) is 0 Å². The van der Waals surface area contributed by atoms with Gasteiger partial charge in [-0.05, 0) is 32.6 Å². The van der Waals surface area contributed by atoms with Gasteiger partial charge in [0.25, 0.3) is 5.91 Å². The van der Waals surface area contributed by atoms with Gasteiger partial charge in [-0.25, -0.2) is 9.67 Å². The van der Waals surface area contributed by atoms with Crippen LogP contribution in [0.15, 0.2) is 12.4 Å². The fourth-order valence-corrected chi connectivity index (χ4v) is 4.12. The molecule has 1 saturated heterocycles. The molecular weight excluding hydrogens is 314 g/mol. The van der Waals surface area contributed by atoms with Gasteiger partial charge in [-0.1, -0.05) is 19.3 Å². The number of nitrogens with one attached hydrogen (secondary N) is 1. The number of anilines is 1. The maximum atomic E-state index is 13.0. The molecule has 25 heavy (non-hydrogen) atoms. The fourth-order valence-electron chi connectivity index (χ4n) is 4.12. The molecule has 0 spiro atoms. The molecule has 6 heteroatoms. The minimum absolute atomic E-state index is 0.106. The Hall–Kier alpha value is -2.11. The molecule has 0 unspecified atom stereocenters. The summed E-state index contributed by atoms with van der Waals surface area (Å²) in [4.78, 5) is 19.6. The quantitative estimate of drug-likeness (QED) is 0.925. The third-order valence-electron chi connectivity index (χ3n) is 5.54. The van der Waals surface area contributed by atoms with Gasteiger partial charge in [0.1, 0.15) is 0 Å². The Labute approximate surface area is 148 Å². The molecule has 4 rings (SSSR count). The van der Waals surface area contributed by atoms with Crippen LogP contribution in [0.5, 0.6) is 0 Å². The Morgan fingerprint density at radius 2 is 1.92 bits per heavy atom. The van der Waals surface area contributed by atoms with E-state index in [2.05, 4.69) is 22.3 Å². The van der Waals surface area contributed by atoms with E-state index in [9.17, 15) is 4.79 Å². The molecule has 0 bridgehead atoms. The molecular formula is C19H27N5O. The Bertz CT molecular complexity index is 757. The average molecular weight is 341 g/mol. The third-order valence-corrected chi connectivity index (χ3v) is 5.54. The first-order valence-corrected chi connectivity index (χ1v) is 9.68. The summed E-state index contributed by atoms with van der Waals surface area (Å²) < 4.78 is 1.89. The van der Waals surface area contributed by atoms with E-state index in [1.54, 1.807) is 6.20 Å². The zero-order chi connectivity index (χ0) is 17.2. The van der Waals surface area contributed by atoms with Crippen molar-refractivity contribution in [2.75, 3.05) is 18.4 Å². The van der Waals surface area contributed by atoms with Crippen LogP contribution in [-0.2, 0) is 6.54 Å². The van der Waals surface area contributed by atoms with Gasteiger partial charge in [0.15, 0.2) is 5.65 Å². The van der Waals surface area contributed by atoms with Gasteiger partial charge in [-0.2, -0.15) is 5.10 Å². The highest BCUT2D eigenvalue weighted by Gasteiger charge is 2.26. The van der Waals surface area contributed by atoms with Crippen LogP contribution in [0.4, 0.5) is 5.69 Å². The first-order chi connectivity index (χ1) is 12.3. The van der Waals surface area contributed by atoms with Crippen LogP contribution in [0.2, 0.25) is 0 Å². The molecule has 1 aliphatic heterocycles. The van der Waals surface area contributed by atoms with Gasteiger partial charge in [0.05, 0.1) is 22.8 Å². The van der Waals surface area contributed by atoms with E-state index in [0.29, 0.717) is 11.6 Å². The van der Waals surface area contributed by atoms with Crippen molar-refractivity contribution in [3.8, 4) is 0 Å². The predicted molar refractivity (Wildman–Crippen MR) is 98.8 cm³/mol. The number of aryl methyl sites for hydroxylation is 1. The third kappa shape index (κ3) is 3.10. The monoisotopic (exact) mass is 341 g/mol. The van der Waals surface area contributed by atoms with Crippen LogP contribution in [0.3, 0.4) is 0 Å². The first kappa shape index (κ1) is 16.4. The maximum Gasteiger partial charge on any atom is 0.257 e. The lowest BCUT2D eigenvalue weighted by Crippen LogP contribution is -2.30. The highest BCUT2D eigenvalue weighted by atomic mass is 16.2. The number of carbonyl (C=O) groups excluding carboxylic acids is 1. The molecule has 2 aliphatic rings. The molecule has 1 amide bonds. The normalized spacial score (nSPS) is 18.8. The van der Waals surface area contributed by atoms with Crippen LogP contribution >= 0.6 is 0 Å². The van der Waals surface area contributed by atoms with E-state index in [-0.39, 0.29) is 5.91 Å². The number of aromatic nitrogens is 3. The lowest BCUT2D eigenvalue weighted by molar-refractivity contribution is 0.0793. The Morgan fingerprint density at radius 3 is 2.64 bits per heavy atom.